The zero-order chi connectivity index (χ0) is 16.0. The number of aryl methyl sites for hydroxylation is 2. The molecule has 2 heteroatoms. The van der Waals surface area contributed by atoms with Gasteiger partial charge in [0, 0.05) is 6.20 Å². The maximum Gasteiger partial charge on any atom is 0.0650 e. The van der Waals surface area contributed by atoms with Crippen molar-refractivity contribution in [3.05, 3.63) is 28.5 Å². The van der Waals surface area contributed by atoms with E-state index in [1.54, 1.807) is 0 Å². The maximum absolute atomic E-state index is 6.27. The van der Waals surface area contributed by atoms with Crippen molar-refractivity contribution in [2.24, 2.45) is 0 Å². The summed E-state index contributed by atoms with van der Waals surface area (Å²) in [5, 5.41) is 0.866. The van der Waals surface area contributed by atoms with E-state index in [2.05, 4.69) is 18.0 Å². The van der Waals surface area contributed by atoms with E-state index in [0.29, 0.717) is 0 Å². The van der Waals surface area contributed by atoms with Crippen LogP contribution in [0.25, 0.3) is 0 Å². The van der Waals surface area contributed by atoms with Gasteiger partial charge in [-0.15, -0.1) is 0 Å². The first-order chi connectivity index (χ1) is 10.8. The summed E-state index contributed by atoms with van der Waals surface area (Å²) in [6.45, 7) is 4.26. The Kier molecular flexibility index (Phi) is 11.5. The smallest absolute Gasteiger partial charge is 0.0650 e. The van der Waals surface area contributed by atoms with Crippen LogP contribution in [0.5, 0.6) is 0 Å². The molecule has 1 aromatic rings. The van der Waals surface area contributed by atoms with E-state index in [9.17, 15) is 0 Å². The Morgan fingerprint density at radius 2 is 1.32 bits per heavy atom. The summed E-state index contributed by atoms with van der Waals surface area (Å²) in [5.74, 6) is 0. The van der Waals surface area contributed by atoms with Gasteiger partial charge in [0.15, 0.2) is 0 Å². The molecule has 22 heavy (non-hydrogen) atoms. The highest BCUT2D eigenvalue weighted by Gasteiger charge is 2.03. The second-order valence-corrected chi connectivity index (χ2v) is 6.89. The van der Waals surface area contributed by atoms with E-state index in [0.717, 1.165) is 17.1 Å². The van der Waals surface area contributed by atoms with Crippen molar-refractivity contribution in [3.63, 3.8) is 0 Å². The van der Waals surface area contributed by atoms with Gasteiger partial charge < -0.3 is 0 Å². The van der Waals surface area contributed by atoms with E-state index in [1.807, 2.05) is 13.1 Å². The van der Waals surface area contributed by atoms with E-state index >= 15 is 0 Å². The topological polar surface area (TPSA) is 12.9 Å². The maximum atomic E-state index is 6.27. The number of unbranched alkanes of at least 4 members (excludes halogenated alkanes) is 11. The lowest BCUT2D eigenvalue weighted by Gasteiger charge is -2.06. The van der Waals surface area contributed by atoms with Crippen LogP contribution in [0.2, 0.25) is 5.02 Å². The Hall–Kier alpha value is -0.560. The molecule has 1 heterocycles. The van der Waals surface area contributed by atoms with Gasteiger partial charge in [-0.25, -0.2) is 0 Å². The Labute approximate surface area is 142 Å². The van der Waals surface area contributed by atoms with Crippen LogP contribution in [0, 0.1) is 6.92 Å². The molecule has 0 bridgehead atoms. The van der Waals surface area contributed by atoms with Crippen LogP contribution >= 0.6 is 11.6 Å². The van der Waals surface area contributed by atoms with Crippen LogP contribution in [0.15, 0.2) is 12.3 Å². The van der Waals surface area contributed by atoms with Gasteiger partial charge in [0.2, 0.25) is 0 Å². The lowest BCUT2D eigenvalue weighted by atomic mass is 10.0. The van der Waals surface area contributed by atoms with E-state index in [1.165, 1.54) is 82.6 Å². The molecule has 0 aliphatic carbocycles. The fraction of sp³-hybridized carbons (Fsp3) is 0.750. The van der Waals surface area contributed by atoms with Gasteiger partial charge in [0.05, 0.1) is 10.7 Å². The van der Waals surface area contributed by atoms with Crippen molar-refractivity contribution < 1.29 is 0 Å². The average molecular weight is 324 g/mol. The third-order valence-electron chi connectivity index (χ3n) is 4.44. The summed E-state index contributed by atoms with van der Waals surface area (Å²) >= 11 is 6.27. The minimum absolute atomic E-state index is 0.866. The van der Waals surface area contributed by atoms with Crippen LogP contribution < -0.4 is 0 Å². The zero-order valence-corrected chi connectivity index (χ0v) is 15.4. The first kappa shape index (κ1) is 19.5. The van der Waals surface area contributed by atoms with Crippen molar-refractivity contribution in [2.75, 3.05) is 0 Å². The second kappa shape index (κ2) is 12.9. The standard InChI is InChI=1S/C20H34ClN/c1-3-4-5-6-7-8-9-10-11-12-13-14-15-19-16-17-22-18(2)20(19)21/h16-17H,3-15H2,1-2H3. The van der Waals surface area contributed by atoms with Crippen LogP contribution in [0.3, 0.4) is 0 Å². The van der Waals surface area contributed by atoms with E-state index < -0.39 is 0 Å². The van der Waals surface area contributed by atoms with Gasteiger partial charge in [0.1, 0.15) is 0 Å². The summed E-state index contributed by atoms with van der Waals surface area (Å²) in [6, 6.07) is 2.06. The van der Waals surface area contributed by atoms with Crippen LogP contribution in [0.4, 0.5) is 0 Å². The average Bonchev–Trinajstić information content (AvgIpc) is 2.52. The molecule has 1 nitrogen and oxygen atoms in total. The molecule has 0 aliphatic heterocycles. The van der Waals surface area contributed by atoms with Crippen LogP contribution in [-0.4, -0.2) is 4.98 Å². The number of aromatic nitrogens is 1. The molecule has 0 aromatic carbocycles. The molecule has 0 fully saturated rings. The second-order valence-electron chi connectivity index (χ2n) is 6.51. The largest absolute Gasteiger partial charge is 0.260 e. The highest BCUT2D eigenvalue weighted by atomic mass is 35.5. The lowest BCUT2D eigenvalue weighted by molar-refractivity contribution is 0.544. The number of pyridine rings is 1. The van der Waals surface area contributed by atoms with Crippen molar-refractivity contribution >= 4 is 11.6 Å². The highest BCUT2D eigenvalue weighted by Crippen LogP contribution is 2.20. The molecule has 0 radical (unpaired) electrons. The minimum Gasteiger partial charge on any atom is -0.260 e. The molecule has 0 amide bonds. The third-order valence-corrected chi connectivity index (χ3v) is 4.96. The van der Waals surface area contributed by atoms with Crippen molar-refractivity contribution in [1.82, 2.24) is 4.98 Å². The van der Waals surface area contributed by atoms with Crippen LogP contribution in [0.1, 0.15) is 95.2 Å². The van der Waals surface area contributed by atoms with Crippen LogP contribution in [-0.2, 0) is 6.42 Å². The molecule has 126 valence electrons. The SMILES string of the molecule is CCCCCCCCCCCCCCc1ccnc(C)c1Cl. The predicted octanol–water partition coefficient (Wildman–Crippen LogP) is 7.29. The predicted molar refractivity (Wildman–Crippen MR) is 98.8 cm³/mol. The van der Waals surface area contributed by atoms with Gasteiger partial charge in [-0.1, -0.05) is 89.2 Å². The number of hydrogen-bond donors (Lipinski definition) is 0. The van der Waals surface area contributed by atoms with Gasteiger partial charge in [0.25, 0.3) is 0 Å². The molecule has 0 spiro atoms. The van der Waals surface area contributed by atoms with E-state index in [-0.39, 0.29) is 0 Å². The van der Waals surface area contributed by atoms with Crippen molar-refractivity contribution in [1.29, 1.82) is 0 Å². The molecule has 0 atom stereocenters. The van der Waals surface area contributed by atoms with Gasteiger partial charge in [-0.2, -0.15) is 0 Å². The Morgan fingerprint density at radius 3 is 1.86 bits per heavy atom. The quantitative estimate of drug-likeness (QED) is 0.347. The summed E-state index contributed by atoms with van der Waals surface area (Å²) in [7, 11) is 0. The Morgan fingerprint density at radius 1 is 0.818 bits per heavy atom. The summed E-state index contributed by atoms with van der Waals surface area (Å²) in [5.41, 5.74) is 2.22. The fourth-order valence-corrected chi connectivity index (χ4v) is 3.16. The fourth-order valence-electron chi connectivity index (χ4n) is 2.95. The molecule has 0 saturated carbocycles. The molecule has 0 saturated heterocycles. The number of nitrogens with zero attached hydrogens (tertiary/aromatic N) is 1. The lowest BCUT2D eigenvalue weighted by Crippen LogP contribution is -1.92. The van der Waals surface area contributed by atoms with Gasteiger partial charge in [-0.05, 0) is 31.4 Å². The van der Waals surface area contributed by atoms with Gasteiger partial charge in [-0.3, -0.25) is 4.98 Å². The molecular weight excluding hydrogens is 290 g/mol. The summed E-state index contributed by atoms with van der Waals surface area (Å²) in [6.07, 6.45) is 19.7. The molecule has 1 aromatic heterocycles. The summed E-state index contributed by atoms with van der Waals surface area (Å²) < 4.78 is 0. The van der Waals surface area contributed by atoms with E-state index in [4.69, 9.17) is 11.6 Å². The van der Waals surface area contributed by atoms with Gasteiger partial charge >= 0.3 is 0 Å². The molecule has 1 rings (SSSR count). The minimum atomic E-state index is 0.866. The molecule has 0 N–H and O–H groups in total. The van der Waals surface area contributed by atoms with Crippen molar-refractivity contribution in [2.45, 2.75) is 97.3 Å². The molecular formula is C20H34ClN. The number of rotatable bonds is 13. The zero-order valence-electron chi connectivity index (χ0n) is 14.7. The normalized spacial score (nSPS) is 11.0. The third kappa shape index (κ3) is 8.78. The first-order valence-electron chi connectivity index (χ1n) is 9.35. The number of hydrogen-bond acceptors (Lipinski definition) is 1. The summed E-state index contributed by atoms with van der Waals surface area (Å²) in [4.78, 5) is 4.22. The Balaban J connectivity index is 1.90. The first-order valence-corrected chi connectivity index (χ1v) is 9.73. The monoisotopic (exact) mass is 323 g/mol. The highest BCUT2D eigenvalue weighted by molar-refractivity contribution is 6.31. The molecule has 0 aliphatic rings. The van der Waals surface area contributed by atoms with Crippen molar-refractivity contribution in [3.8, 4) is 0 Å². The molecule has 0 unspecified atom stereocenters. The number of halogens is 1. The Bertz CT molecular complexity index is 389.